The number of hydrogen-bond donors (Lipinski definition) is 4. The van der Waals surface area contributed by atoms with E-state index in [-0.39, 0.29) is 22.5 Å². The number of aromatic nitrogens is 4. The molecule has 0 aliphatic carbocycles. The molecule has 0 aliphatic heterocycles. The Morgan fingerprint density at radius 2 is 1.94 bits per heavy atom. The summed E-state index contributed by atoms with van der Waals surface area (Å²) in [6, 6.07) is 11.1. The van der Waals surface area contributed by atoms with Gasteiger partial charge in [-0.25, -0.2) is 9.97 Å². The normalized spacial score (nSPS) is 12.9. The molecule has 34 heavy (non-hydrogen) atoms. The third-order valence-electron chi connectivity index (χ3n) is 5.27. The summed E-state index contributed by atoms with van der Waals surface area (Å²) in [6.07, 6.45) is 5.93. The highest BCUT2D eigenvalue weighted by Gasteiger charge is 2.26. The first-order valence-corrected chi connectivity index (χ1v) is 11.3. The molecule has 4 rings (SSSR count). The lowest BCUT2D eigenvalue weighted by atomic mass is 10.0. The summed E-state index contributed by atoms with van der Waals surface area (Å²) in [5.41, 5.74) is 1.61. The number of fused-ring (bicyclic) bond motifs is 1. The highest BCUT2D eigenvalue weighted by Crippen LogP contribution is 2.22. The third-order valence-corrected chi connectivity index (χ3v) is 5.96. The summed E-state index contributed by atoms with van der Waals surface area (Å²) >= 11 is 11.9. The van der Waals surface area contributed by atoms with E-state index < -0.39 is 23.9 Å². The molecule has 11 heteroatoms. The number of carbonyl (C=O) groups excluding carboxylic acids is 2. The lowest BCUT2D eigenvalue weighted by Crippen LogP contribution is -2.48. The average molecular weight is 501 g/mol. The molecular weight excluding hydrogens is 479 g/mol. The highest BCUT2D eigenvalue weighted by molar-refractivity contribution is 6.41. The van der Waals surface area contributed by atoms with E-state index in [0.29, 0.717) is 24.3 Å². The van der Waals surface area contributed by atoms with Gasteiger partial charge in [0.05, 0.1) is 23.4 Å². The van der Waals surface area contributed by atoms with Crippen LogP contribution in [-0.2, 0) is 11.2 Å². The summed E-state index contributed by atoms with van der Waals surface area (Å²) in [5.74, 6) is -0.545. The molecule has 2 atom stereocenters. The van der Waals surface area contributed by atoms with Crippen molar-refractivity contribution >= 4 is 40.8 Å². The summed E-state index contributed by atoms with van der Waals surface area (Å²) in [4.78, 5) is 37.2. The van der Waals surface area contributed by atoms with Gasteiger partial charge >= 0.3 is 0 Å². The number of aliphatic hydroxyl groups is 1. The Morgan fingerprint density at radius 3 is 2.62 bits per heavy atom. The number of halogens is 2. The van der Waals surface area contributed by atoms with Crippen LogP contribution in [-0.4, -0.2) is 48.9 Å². The van der Waals surface area contributed by atoms with Gasteiger partial charge in [0.15, 0.2) is 0 Å². The van der Waals surface area contributed by atoms with Gasteiger partial charge in [0.2, 0.25) is 11.7 Å². The van der Waals surface area contributed by atoms with Crippen LogP contribution in [0.3, 0.4) is 0 Å². The zero-order valence-electron chi connectivity index (χ0n) is 17.9. The van der Waals surface area contributed by atoms with Crippen molar-refractivity contribution in [2.24, 2.45) is 0 Å². The summed E-state index contributed by atoms with van der Waals surface area (Å²) < 4.78 is 1.69. The number of nitrogens with one attached hydrogen (secondary N) is 3. The molecule has 4 aromatic rings. The fraction of sp³-hybridized carbons (Fsp3) is 0.217. The van der Waals surface area contributed by atoms with Gasteiger partial charge in [-0.1, -0.05) is 53.5 Å². The van der Waals surface area contributed by atoms with Gasteiger partial charge in [-0.2, -0.15) is 0 Å². The van der Waals surface area contributed by atoms with E-state index in [0.717, 1.165) is 5.56 Å². The molecule has 0 spiro atoms. The van der Waals surface area contributed by atoms with Crippen LogP contribution in [0, 0.1) is 0 Å². The molecule has 0 bridgehead atoms. The van der Waals surface area contributed by atoms with Gasteiger partial charge in [-0.3, -0.25) is 14.0 Å². The van der Waals surface area contributed by atoms with Crippen LogP contribution in [0.25, 0.3) is 5.78 Å². The fourth-order valence-corrected chi connectivity index (χ4v) is 3.80. The molecule has 0 unspecified atom stereocenters. The summed E-state index contributed by atoms with van der Waals surface area (Å²) in [5, 5.41) is 15.8. The SMILES string of the molecule is O=C(N[C@@H](CCc1ccccc1)C(=O)N[C@@H](CO)c1cn2cccnc2n1)c1cc(Cl)c(Cl)[nH]1. The molecule has 0 aliphatic rings. The standard InChI is InChI=1S/C23H22Cl2N6O3/c24-15-11-17(27-20(15)25)22(34)28-16(8-7-14-5-2-1-3-6-14)21(33)29-19(13-32)18-12-31-10-4-9-26-23(31)30-18/h1-6,9-12,16,19,27,32H,7-8,13H2,(H,28,34)(H,29,33)/t16-,19-/m0/s1. The first-order valence-electron chi connectivity index (χ1n) is 10.5. The molecule has 3 aromatic heterocycles. The number of amides is 2. The van der Waals surface area contributed by atoms with Crippen molar-refractivity contribution in [2.75, 3.05) is 6.61 Å². The van der Waals surface area contributed by atoms with Crippen molar-refractivity contribution in [3.8, 4) is 0 Å². The topological polar surface area (TPSA) is 124 Å². The zero-order valence-corrected chi connectivity index (χ0v) is 19.4. The maximum atomic E-state index is 13.2. The van der Waals surface area contributed by atoms with Crippen LogP contribution < -0.4 is 10.6 Å². The van der Waals surface area contributed by atoms with E-state index in [2.05, 4.69) is 25.6 Å². The van der Waals surface area contributed by atoms with Crippen LogP contribution in [0.1, 0.15) is 34.2 Å². The monoisotopic (exact) mass is 500 g/mol. The van der Waals surface area contributed by atoms with Crippen LogP contribution in [0.2, 0.25) is 10.2 Å². The first-order chi connectivity index (χ1) is 16.4. The molecule has 1 aromatic carbocycles. The minimum Gasteiger partial charge on any atom is -0.394 e. The number of aliphatic hydroxyl groups excluding tert-OH is 1. The minimum atomic E-state index is -0.891. The van der Waals surface area contributed by atoms with Crippen LogP contribution in [0.4, 0.5) is 0 Å². The van der Waals surface area contributed by atoms with Crippen LogP contribution in [0.5, 0.6) is 0 Å². The van der Waals surface area contributed by atoms with E-state index in [9.17, 15) is 14.7 Å². The second-order valence-corrected chi connectivity index (χ2v) is 8.42. The largest absolute Gasteiger partial charge is 0.394 e. The van der Waals surface area contributed by atoms with E-state index in [1.807, 2.05) is 30.3 Å². The first kappa shape index (κ1) is 23.7. The molecule has 176 valence electrons. The van der Waals surface area contributed by atoms with Gasteiger partial charge in [-0.05, 0) is 30.5 Å². The second kappa shape index (κ2) is 10.7. The van der Waals surface area contributed by atoms with Crippen molar-refractivity contribution in [2.45, 2.75) is 24.9 Å². The van der Waals surface area contributed by atoms with E-state index in [1.165, 1.54) is 6.07 Å². The Bertz CT molecular complexity index is 1240. The van der Waals surface area contributed by atoms with Gasteiger partial charge in [0.25, 0.3) is 5.91 Å². The molecule has 2 amide bonds. The quantitative estimate of drug-likeness (QED) is 0.281. The number of H-pyrrole nitrogens is 1. The second-order valence-electron chi connectivity index (χ2n) is 7.63. The van der Waals surface area contributed by atoms with Crippen molar-refractivity contribution < 1.29 is 14.7 Å². The van der Waals surface area contributed by atoms with Crippen molar-refractivity contribution in [3.05, 3.63) is 88.2 Å². The molecule has 4 N–H and O–H groups in total. The maximum Gasteiger partial charge on any atom is 0.268 e. The molecule has 3 heterocycles. The Balaban J connectivity index is 1.51. The predicted molar refractivity (Wildman–Crippen MR) is 128 cm³/mol. The average Bonchev–Trinajstić information content (AvgIpc) is 3.43. The fourth-order valence-electron chi connectivity index (χ4n) is 3.49. The van der Waals surface area contributed by atoms with Crippen LogP contribution >= 0.6 is 23.2 Å². The van der Waals surface area contributed by atoms with Gasteiger partial charge in [-0.15, -0.1) is 0 Å². The smallest absolute Gasteiger partial charge is 0.268 e. The third kappa shape index (κ3) is 5.56. The highest BCUT2D eigenvalue weighted by atomic mass is 35.5. The predicted octanol–water partition coefficient (Wildman–Crippen LogP) is 2.95. The van der Waals surface area contributed by atoms with Gasteiger partial charge in [0, 0.05) is 18.6 Å². The number of carbonyl (C=O) groups is 2. The molecular formula is C23H22Cl2N6O3. The summed E-state index contributed by atoms with van der Waals surface area (Å²) in [6.45, 7) is -0.378. The van der Waals surface area contributed by atoms with Gasteiger partial charge in [0.1, 0.15) is 16.9 Å². The Labute approximate surface area is 205 Å². The lowest BCUT2D eigenvalue weighted by molar-refractivity contribution is -0.124. The Morgan fingerprint density at radius 1 is 1.15 bits per heavy atom. The number of imidazole rings is 1. The molecule has 9 nitrogen and oxygen atoms in total. The number of nitrogens with zero attached hydrogens (tertiary/aromatic N) is 3. The molecule has 0 radical (unpaired) electrons. The van der Waals surface area contributed by atoms with E-state index >= 15 is 0 Å². The van der Waals surface area contributed by atoms with Crippen molar-refractivity contribution in [3.63, 3.8) is 0 Å². The van der Waals surface area contributed by atoms with E-state index in [1.54, 1.807) is 29.1 Å². The van der Waals surface area contributed by atoms with Gasteiger partial charge < -0.3 is 20.7 Å². The molecule has 0 fully saturated rings. The van der Waals surface area contributed by atoms with Crippen molar-refractivity contribution in [1.82, 2.24) is 30.0 Å². The number of rotatable bonds is 9. The van der Waals surface area contributed by atoms with E-state index in [4.69, 9.17) is 23.2 Å². The number of aryl methyl sites for hydroxylation is 1. The maximum absolute atomic E-state index is 13.2. The Hall–Kier alpha value is -3.40. The number of aromatic amines is 1. The summed E-state index contributed by atoms with van der Waals surface area (Å²) in [7, 11) is 0. The minimum absolute atomic E-state index is 0.137. The molecule has 0 saturated carbocycles. The van der Waals surface area contributed by atoms with Crippen LogP contribution in [0.15, 0.2) is 61.1 Å². The number of hydrogen-bond acceptors (Lipinski definition) is 5. The Kier molecular flexibility index (Phi) is 7.46. The zero-order chi connectivity index (χ0) is 24.1. The van der Waals surface area contributed by atoms with Crippen molar-refractivity contribution in [1.29, 1.82) is 0 Å². The lowest BCUT2D eigenvalue weighted by Gasteiger charge is -2.21. The molecule has 0 saturated heterocycles. The number of benzene rings is 1.